The highest BCUT2D eigenvalue weighted by Gasteiger charge is 2.64. The van der Waals surface area contributed by atoms with E-state index in [-0.39, 0.29) is 47.3 Å². The molecule has 0 saturated heterocycles. The molecule has 1 saturated carbocycles. The van der Waals surface area contributed by atoms with E-state index in [4.69, 9.17) is 11.5 Å². The van der Waals surface area contributed by atoms with Crippen LogP contribution in [0.5, 0.6) is 5.75 Å². The van der Waals surface area contributed by atoms with Crippen molar-refractivity contribution in [3.05, 3.63) is 34.1 Å². The van der Waals surface area contributed by atoms with Crippen molar-refractivity contribution >= 4 is 40.6 Å². The van der Waals surface area contributed by atoms with Gasteiger partial charge in [-0.3, -0.25) is 24.3 Å². The van der Waals surface area contributed by atoms with Gasteiger partial charge >= 0.3 is 0 Å². The van der Waals surface area contributed by atoms with Gasteiger partial charge in [-0.2, -0.15) is 0 Å². The van der Waals surface area contributed by atoms with E-state index in [0.717, 1.165) is 0 Å². The van der Waals surface area contributed by atoms with E-state index < -0.39 is 58.0 Å². The average Bonchev–Trinajstić information content (AvgIpc) is 2.85. The highest BCUT2D eigenvalue weighted by atomic mass is 16.3. The molecule has 0 radical (unpaired) electrons. The second kappa shape index (κ2) is 10.4. The summed E-state index contributed by atoms with van der Waals surface area (Å²) in [5.41, 5.74) is 8.89. The molecule has 3 aliphatic rings. The Hall–Kier alpha value is -4.10. The average molecular weight is 571 g/mol. The van der Waals surface area contributed by atoms with E-state index in [0.29, 0.717) is 17.8 Å². The number of carbonyl (C=O) groups is 3. The number of guanidine groups is 1. The largest absolute Gasteiger partial charge is 0.508 e. The van der Waals surface area contributed by atoms with Gasteiger partial charge in [-0.15, -0.1) is 0 Å². The third-order valence-corrected chi connectivity index (χ3v) is 8.07. The lowest BCUT2D eigenvalue weighted by atomic mass is 9.57. The van der Waals surface area contributed by atoms with Crippen molar-refractivity contribution < 1.29 is 34.8 Å². The minimum Gasteiger partial charge on any atom is -0.508 e. The molecule has 0 unspecified atom stereocenters. The van der Waals surface area contributed by atoms with Crippen LogP contribution in [0.3, 0.4) is 0 Å². The molecule has 4 atom stereocenters. The summed E-state index contributed by atoms with van der Waals surface area (Å²) in [4.78, 5) is 46.9. The molecule has 1 fully saturated rings. The molecule has 13 nitrogen and oxygen atoms in total. The number of nitrogens with one attached hydrogen (secondary N) is 1. The van der Waals surface area contributed by atoms with Crippen molar-refractivity contribution in [3.63, 3.8) is 0 Å². The van der Waals surface area contributed by atoms with Gasteiger partial charge < -0.3 is 42.1 Å². The zero-order valence-electron chi connectivity index (χ0n) is 24.0. The molecule has 0 aliphatic heterocycles. The molecule has 3 aliphatic carbocycles. The van der Waals surface area contributed by atoms with E-state index in [9.17, 15) is 34.8 Å². The van der Waals surface area contributed by atoms with Crippen LogP contribution in [0.4, 0.5) is 11.4 Å². The zero-order valence-corrected chi connectivity index (χ0v) is 24.0. The van der Waals surface area contributed by atoms with Crippen LogP contribution in [0.25, 0.3) is 5.76 Å². The topological polar surface area (TPSA) is 215 Å². The molecular weight excluding hydrogens is 532 g/mol. The molecule has 41 heavy (non-hydrogen) atoms. The van der Waals surface area contributed by atoms with Crippen molar-refractivity contribution in [1.29, 1.82) is 0 Å². The fraction of sp³-hybridized carbons (Fsp3) is 0.500. The Kier molecular flexibility index (Phi) is 7.56. The first-order valence-corrected chi connectivity index (χ1v) is 13.3. The number of anilines is 2. The fourth-order valence-electron chi connectivity index (χ4n) is 6.24. The lowest BCUT2D eigenvalue weighted by Crippen LogP contribution is -2.65. The number of aliphatic hydroxyl groups excluding tert-OH is 2. The van der Waals surface area contributed by atoms with Crippen LogP contribution < -0.4 is 21.7 Å². The molecule has 0 aromatic heterocycles. The van der Waals surface area contributed by atoms with Crippen molar-refractivity contribution in [1.82, 2.24) is 4.90 Å². The number of aliphatic imine (C=N–C) groups is 1. The number of Topliss-reactive ketones (excluding diaryl/α,β-unsaturated/α-hetero) is 2. The number of nitrogens with two attached hydrogens (primary N) is 2. The summed E-state index contributed by atoms with van der Waals surface area (Å²) in [6, 6.07) is 0.514. The van der Waals surface area contributed by atoms with Gasteiger partial charge in [-0.25, -0.2) is 0 Å². The van der Waals surface area contributed by atoms with Gasteiger partial charge in [0.15, 0.2) is 17.3 Å². The molecule has 0 spiro atoms. The van der Waals surface area contributed by atoms with Gasteiger partial charge in [-0.05, 0) is 50.4 Å². The van der Waals surface area contributed by atoms with Gasteiger partial charge in [-0.1, -0.05) is 13.8 Å². The number of primary amides is 1. The Morgan fingerprint density at radius 3 is 2.34 bits per heavy atom. The molecule has 1 amide bonds. The predicted octanol–water partition coefficient (Wildman–Crippen LogP) is 0.413. The Morgan fingerprint density at radius 2 is 1.80 bits per heavy atom. The number of benzene rings is 1. The number of aromatic hydroxyl groups is 1. The fourth-order valence-corrected chi connectivity index (χ4v) is 6.24. The van der Waals surface area contributed by atoms with Crippen LogP contribution in [-0.4, -0.2) is 95.1 Å². The third-order valence-electron chi connectivity index (χ3n) is 8.07. The van der Waals surface area contributed by atoms with Crippen LogP contribution in [-0.2, 0) is 20.8 Å². The van der Waals surface area contributed by atoms with Gasteiger partial charge in [0, 0.05) is 37.8 Å². The van der Waals surface area contributed by atoms with Crippen LogP contribution in [0.2, 0.25) is 0 Å². The van der Waals surface area contributed by atoms with Crippen molar-refractivity contribution in [2.24, 2.45) is 34.2 Å². The summed E-state index contributed by atoms with van der Waals surface area (Å²) in [6.45, 7) is 4.39. The number of likely N-dealkylation sites (N-methyl/N-ethyl adjacent to an activating group) is 1. The number of ketones is 2. The Labute approximate surface area is 237 Å². The summed E-state index contributed by atoms with van der Waals surface area (Å²) < 4.78 is 0. The first-order valence-electron chi connectivity index (χ1n) is 13.3. The van der Waals surface area contributed by atoms with Crippen LogP contribution in [0, 0.1) is 17.8 Å². The lowest BCUT2D eigenvalue weighted by Gasteiger charge is -2.50. The smallest absolute Gasteiger partial charge is 0.255 e. The standard InChI is InChI=1S/C28H38N6O7/c1-11(2)10-31-27(30)32-15-9-16(33(3)4)13-7-12-8-14-20(34(5)6)23(37)19(26(29)40)25(39)28(14,41)24(38)17(12)22(36)18(13)21(15)35/h9,11-12,14,20,35-36,39,41H,7-8,10H2,1-6H3,(H2,29,40)(H3,30,31,32)/t12-,14-,20-,28-/m0/s1. The summed E-state index contributed by atoms with van der Waals surface area (Å²) >= 11 is 0. The van der Waals surface area contributed by atoms with E-state index in [2.05, 4.69) is 10.3 Å². The quantitative estimate of drug-likeness (QED) is 0.108. The number of phenols is 1. The van der Waals surface area contributed by atoms with Crippen LogP contribution in [0.1, 0.15) is 31.4 Å². The molecule has 0 bridgehead atoms. The molecule has 1 aromatic rings. The molecule has 0 heterocycles. The molecule has 13 heteroatoms. The van der Waals surface area contributed by atoms with E-state index >= 15 is 0 Å². The molecular formula is C28H38N6O7. The number of fused-ring (bicyclic) bond motifs is 3. The van der Waals surface area contributed by atoms with Gasteiger partial charge in [0.25, 0.3) is 5.91 Å². The van der Waals surface area contributed by atoms with Gasteiger partial charge in [0.1, 0.15) is 22.8 Å². The highest BCUT2D eigenvalue weighted by Crippen LogP contribution is 2.54. The number of hydrogen-bond acceptors (Lipinski definition) is 10. The number of amides is 1. The maximum atomic E-state index is 14.0. The third kappa shape index (κ3) is 4.58. The summed E-state index contributed by atoms with van der Waals surface area (Å²) in [5.74, 6) is -6.78. The molecule has 222 valence electrons. The number of nitrogens with zero attached hydrogens (tertiary/aromatic N) is 3. The predicted molar refractivity (Wildman–Crippen MR) is 154 cm³/mol. The van der Waals surface area contributed by atoms with E-state index in [1.165, 1.54) is 4.90 Å². The second-order valence-electron chi connectivity index (χ2n) is 11.7. The van der Waals surface area contributed by atoms with Gasteiger partial charge in [0.05, 0.1) is 17.3 Å². The van der Waals surface area contributed by atoms with Crippen LogP contribution >= 0.6 is 0 Å². The number of rotatable bonds is 6. The van der Waals surface area contributed by atoms with Crippen molar-refractivity contribution in [3.8, 4) is 5.75 Å². The summed E-state index contributed by atoms with van der Waals surface area (Å²) in [5, 5.41) is 48.5. The van der Waals surface area contributed by atoms with E-state index in [1.54, 1.807) is 39.2 Å². The number of phenolic OH excluding ortho intramolecular Hbond substituents is 1. The molecule has 4 rings (SSSR count). The first kappa shape index (κ1) is 29.9. The second-order valence-corrected chi connectivity index (χ2v) is 11.7. The summed E-state index contributed by atoms with van der Waals surface area (Å²) in [7, 11) is 6.67. The Balaban J connectivity index is 1.93. The lowest BCUT2D eigenvalue weighted by molar-refractivity contribution is -0.153. The SMILES string of the molecule is CC(C)CN=C(N)Nc1cc(N(C)C)c2c(c1O)C(O)=C1C(=O)[C@]3(O)C(O)=C(C(N)=O)C(=O)[C@@H](N(C)C)[C@@H]3C[C@@H]1C2. The van der Waals surface area contributed by atoms with Crippen molar-refractivity contribution in [2.45, 2.75) is 38.3 Å². The summed E-state index contributed by atoms with van der Waals surface area (Å²) in [6.07, 6.45) is 0.182. The van der Waals surface area contributed by atoms with E-state index in [1.807, 2.05) is 13.8 Å². The zero-order chi connectivity index (χ0) is 30.7. The minimum atomic E-state index is -2.70. The number of hydrogen-bond donors (Lipinski definition) is 7. The van der Waals surface area contributed by atoms with Crippen molar-refractivity contribution in [2.75, 3.05) is 45.0 Å². The monoisotopic (exact) mass is 570 g/mol. The number of aliphatic hydroxyl groups is 3. The molecule has 9 N–H and O–H groups in total. The highest BCUT2D eigenvalue weighted by molar-refractivity contribution is 6.24. The Bertz CT molecular complexity index is 1430. The normalized spacial score (nSPS) is 26.3. The maximum Gasteiger partial charge on any atom is 0.255 e. The maximum absolute atomic E-state index is 14.0. The number of carbonyl (C=O) groups excluding carboxylic acids is 3. The Morgan fingerprint density at radius 1 is 1.17 bits per heavy atom. The van der Waals surface area contributed by atoms with Crippen LogP contribution in [0.15, 0.2) is 28.0 Å². The minimum absolute atomic E-state index is 0.00814. The first-order chi connectivity index (χ1) is 19.0. The van der Waals surface area contributed by atoms with Gasteiger partial charge in [0.2, 0.25) is 5.78 Å². The molecule has 1 aromatic carbocycles.